The highest BCUT2D eigenvalue weighted by Gasteiger charge is 2.32. The highest BCUT2D eigenvalue weighted by molar-refractivity contribution is 8.26. The summed E-state index contributed by atoms with van der Waals surface area (Å²) in [5, 5.41) is 0.545. The van der Waals surface area contributed by atoms with E-state index in [2.05, 4.69) is 4.98 Å². The van der Waals surface area contributed by atoms with Crippen LogP contribution < -0.4 is 0 Å². The Morgan fingerprint density at radius 1 is 1.14 bits per heavy atom. The van der Waals surface area contributed by atoms with E-state index in [0.717, 1.165) is 5.56 Å². The first-order chi connectivity index (χ1) is 17.0. The number of aromatic nitrogens is 2. The van der Waals surface area contributed by atoms with Crippen LogP contribution in [0.1, 0.15) is 22.5 Å². The third-order valence-corrected chi connectivity index (χ3v) is 7.69. The molecule has 35 heavy (non-hydrogen) atoms. The summed E-state index contributed by atoms with van der Waals surface area (Å²) in [6.07, 6.45) is 3.26. The monoisotopic (exact) mass is 523 g/mol. The summed E-state index contributed by atoms with van der Waals surface area (Å²) in [7, 11) is 0. The number of carbonyl (C=O) groups excluding carboxylic acids is 2. The van der Waals surface area contributed by atoms with Crippen LogP contribution in [0.2, 0.25) is 0 Å². The van der Waals surface area contributed by atoms with E-state index in [1.165, 1.54) is 46.8 Å². The van der Waals surface area contributed by atoms with Crippen molar-refractivity contribution in [3.63, 3.8) is 0 Å². The number of hydrogen-bond donors (Lipinski definition) is 0. The van der Waals surface area contributed by atoms with Crippen molar-refractivity contribution in [2.24, 2.45) is 0 Å². The zero-order chi connectivity index (χ0) is 24.4. The maximum Gasteiger partial charge on any atom is 0.266 e. The third-order valence-electron chi connectivity index (χ3n) is 5.30. The lowest BCUT2D eigenvalue weighted by atomic mass is 10.2. The fourth-order valence-electron chi connectivity index (χ4n) is 3.58. The number of thioether (sulfide) groups is 2. The molecule has 0 spiro atoms. The fourth-order valence-corrected chi connectivity index (χ4v) is 5.85. The van der Waals surface area contributed by atoms with Gasteiger partial charge in [0, 0.05) is 24.8 Å². The predicted octanol–water partition coefficient (Wildman–Crippen LogP) is 5.99. The molecule has 1 aliphatic rings. The average molecular weight is 524 g/mol. The molecule has 10 heteroatoms. The van der Waals surface area contributed by atoms with Crippen LogP contribution in [0.15, 0.2) is 81.4 Å². The van der Waals surface area contributed by atoms with Gasteiger partial charge in [-0.3, -0.25) is 19.1 Å². The van der Waals surface area contributed by atoms with Crippen LogP contribution in [0.4, 0.5) is 4.39 Å². The smallest absolute Gasteiger partial charge is 0.266 e. The van der Waals surface area contributed by atoms with Gasteiger partial charge in [-0.2, -0.15) is 0 Å². The van der Waals surface area contributed by atoms with Gasteiger partial charge in [0.15, 0.2) is 5.16 Å². The van der Waals surface area contributed by atoms with E-state index in [1.54, 1.807) is 34.9 Å². The van der Waals surface area contributed by atoms with Crippen LogP contribution in [0.25, 0.3) is 17.1 Å². The van der Waals surface area contributed by atoms with Gasteiger partial charge in [0.1, 0.15) is 15.9 Å². The average Bonchev–Trinajstić information content (AvgIpc) is 3.56. The molecule has 1 amide bonds. The topological polar surface area (TPSA) is 68.3 Å². The first-order valence-electron chi connectivity index (χ1n) is 10.7. The molecule has 0 saturated carbocycles. The van der Waals surface area contributed by atoms with Crippen LogP contribution in [0, 0.1) is 5.82 Å². The number of imidazole rings is 1. The largest absolute Gasteiger partial charge is 0.465 e. The Morgan fingerprint density at radius 3 is 2.71 bits per heavy atom. The van der Waals surface area contributed by atoms with Crippen molar-refractivity contribution in [2.45, 2.75) is 17.3 Å². The Bertz CT molecular complexity index is 1450. The molecule has 0 radical (unpaired) electrons. The lowest BCUT2D eigenvalue weighted by molar-refractivity contribution is -0.122. The summed E-state index contributed by atoms with van der Waals surface area (Å²) in [5.74, 6) is 0.364. The van der Waals surface area contributed by atoms with E-state index < -0.39 is 0 Å². The Balaban J connectivity index is 1.33. The van der Waals surface area contributed by atoms with E-state index in [4.69, 9.17) is 16.6 Å². The van der Waals surface area contributed by atoms with Crippen LogP contribution >= 0.6 is 35.7 Å². The quantitative estimate of drug-likeness (QED) is 0.167. The number of carbonyl (C=O) groups is 2. The van der Waals surface area contributed by atoms with Gasteiger partial charge < -0.3 is 4.42 Å². The minimum atomic E-state index is -0.295. The molecule has 4 aromatic rings. The van der Waals surface area contributed by atoms with Crippen molar-refractivity contribution >= 4 is 69.0 Å². The number of halogens is 1. The van der Waals surface area contributed by atoms with Crippen molar-refractivity contribution in [3.8, 4) is 0 Å². The summed E-state index contributed by atoms with van der Waals surface area (Å²) in [5.41, 5.74) is 2.32. The zero-order valence-electron chi connectivity index (χ0n) is 18.2. The maximum absolute atomic E-state index is 13.3. The molecule has 1 saturated heterocycles. The van der Waals surface area contributed by atoms with E-state index in [1.807, 2.05) is 24.3 Å². The number of para-hydroxylation sites is 2. The molecule has 0 atom stereocenters. The van der Waals surface area contributed by atoms with E-state index >= 15 is 0 Å². The van der Waals surface area contributed by atoms with Gasteiger partial charge >= 0.3 is 0 Å². The number of fused-ring (bicyclic) bond motifs is 1. The van der Waals surface area contributed by atoms with Crippen molar-refractivity contribution in [1.29, 1.82) is 0 Å². The summed E-state index contributed by atoms with van der Waals surface area (Å²) >= 11 is 7.97. The SMILES string of the molecule is O=C1/C(=C/c2ccco2)SC(=S)N1CCC(=O)n1c(SCc2ccc(F)cc2)nc2ccccc21. The number of rotatable bonds is 7. The number of nitrogens with zero attached hydrogens (tertiary/aromatic N) is 3. The molecule has 176 valence electrons. The number of benzene rings is 2. The molecule has 1 aliphatic heterocycles. The summed E-state index contributed by atoms with van der Waals surface area (Å²) < 4.78 is 20.5. The minimum absolute atomic E-state index is 0.0743. The fraction of sp³-hybridized carbons (Fsp3) is 0.120. The third kappa shape index (κ3) is 5.09. The van der Waals surface area contributed by atoms with Gasteiger partial charge in [-0.15, -0.1) is 0 Å². The minimum Gasteiger partial charge on any atom is -0.465 e. The number of hydrogen-bond acceptors (Lipinski definition) is 7. The normalized spacial score (nSPS) is 15.0. The van der Waals surface area contributed by atoms with Gasteiger partial charge in [-0.1, -0.05) is 60.0 Å². The van der Waals surface area contributed by atoms with E-state index in [0.29, 0.717) is 36.9 Å². The molecule has 6 nitrogen and oxygen atoms in total. The number of amides is 1. The maximum atomic E-state index is 13.3. The molecule has 0 aliphatic carbocycles. The molecule has 1 fully saturated rings. The molecule has 5 rings (SSSR count). The summed E-state index contributed by atoms with van der Waals surface area (Å²) in [6, 6.07) is 17.1. The van der Waals surface area contributed by atoms with Gasteiger partial charge in [-0.05, 0) is 42.0 Å². The Labute approximate surface area is 214 Å². The predicted molar refractivity (Wildman–Crippen MR) is 140 cm³/mol. The van der Waals surface area contributed by atoms with Gasteiger partial charge in [0.05, 0.1) is 22.2 Å². The van der Waals surface area contributed by atoms with Crippen molar-refractivity contribution in [3.05, 3.63) is 89.0 Å². The van der Waals surface area contributed by atoms with Crippen LogP contribution in [-0.2, 0) is 10.5 Å². The Kier molecular flexibility index (Phi) is 6.85. The van der Waals surface area contributed by atoms with Crippen LogP contribution in [0.5, 0.6) is 0 Å². The lowest BCUT2D eigenvalue weighted by Gasteiger charge is -2.14. The molecule has 2 aromatic carbocycles. The second-order valence-corrected chi connectivity index (χ2v) is 10.2. The Hall–Kier alpha value is -3.21. The molecule has 0 N–H and O–H groups in total. The van der Waals surface area contributed by atoms with Crippen molar-refractivity contribution in [1.82, 2.24) is 14.5 Å². The van der Waals surface area contributed by atoms with Gasteiger partial charge in [-0.25, -0.2) is 9.37 Å². The Morgan fingerprint density at radius 2 is 1.94 bits per heavy atom. The van der Waals surface area contributed by atoms with Crippen molar-refractivity contribution < 1.29 is 18.4 Å². The van der Waals surface area contributed by atoms with Crippen LogP contribution in [0.3, 0.4) is 0 Å². The molecule has 2 aromatic heterocycles. The van der Waals surface area contributed by atoms with Crippen LogP contribution in [-0.4, -0.2) is 37.1 Å². The molecule has 3 heterocycles. The first-order valence-corrected chi connectivity index (χ1v) is 12.9. The highest BCUT2D eigenvalue weighted by Crippen LogP contribution is 2.33. The molecule has 0 unspecified atom stereocenters. The van der Waals surface area contributed by atoms with E-state index in [9.17, 15) is 14.0 Å². The summed E-state index contributed by atoms with van der Waals surface area (Å²) in [6.45, 7) is 0.160. The standard InChI is InChI=1S/C25H18FN3O3S3/c26-17-9-7-16(8-10-17)15-34-24-27-19-5-1-2-6-20(19)29(24)22(30)11-12-28-23(31)21(35-25(28)33)14-18-4-3-13-32-18/h1-10,13-14H,11-12,15H2/b21-14-. The van der Waals surface area contributed by atoms with Gasteiger partial charge in [0.25, 0.3) is 5.91 Å². The molecular formula is C25H18FN3O3S3. The number of furan rings is 1. The van der Waals surface area contributed by atoms with Crippen molar-refractivity contribution in [2.75, 3.05) is 6.54 Å². The van der Waals surface area contributed by atoms with Gasteiger partial charge in [0.2, 0.25) is 5.91 Å². The number of thiocarbonyl (C=S) groups is 1. The second kappa shape index (κ2) is 10.2. The summed E-state index contributed by atoms with van der Waals surface area (Å²) in [4.78, 5) is 32.7. The lowest BCUT2D eigenvalue weighted by Crippen LogP contribution is -2.31. The highest BCUT2D eigenvalue weighted by atomic mass is 32.2. The first kappa shape index (κ1) is 23.5. The second-order valence-electron chi connectivity index (χ2n) is 7.63. The molecular weight excluding hydrogens is 505 g/mol. The molecule has 0 bridgehead atoms. The zero-order valence-corrected chi connectivity index (χ0v) is 20.7. The van der Waals surface area contributed by atoms with E-state index in [-0.39, 0.29) is 30.6 Å².